The van der Waals surface area contributed by atoms with Crippen molar-refractivity contribution in [1.29, 1.82) is 0 Å². The van der Waals surface area contributed by atoms with E-state index < -0.39 is 21.3 Å². The Hall–Kier alpha value is -4.02. The first-order valence-electron chi connectivity index (χ1n) is 12.9. The van der Waals surface area contributed by atoms with Crippen LogP contribution in [0.5, 0.6) is 0 Å². The van der Waals surface area contributed by atoms with Crippen molar-refractivity contribution >= 4 is 32.5 Å². The van der Waals surface area contributed by atoms with Crippen molar-refractivity contribution < 1.29 is 22.5 Å². The Morgan fingerprint density at radius 2 is 1.72 bits per heavy atom. The lowest BCUT2D eigenvalue weighted by atomic mass is 10.1. The Labute approximate surface area is 226 Å². The number of aromatic amines is 1. The van der Waals surface area contributed by atoms with E-state index in [-0.39, 0.29) is 28.3 Å². The summed E-state index contributed by atoms with van der Waals surface area (Å²) >= 11 is 0. The van der Waals surface area contributed by atoms with Gasteiger partial charge in [-0.15, -0.1) is 0 Å². The highest BCUT2D eigenvalue weighted by Gasteiger charge is 2.28. The molecule has 0 aliphatic carbocycles. The Balaban J connectivity index is 1.38. The molecule has 1 fully saturated rings. The molecule has 0 radical (unpaired) electrons. The first kappa shape index (κ1) is 26.6. The fourth-order valence-corrected chi connectivity index (χ4v) is 6.50. The van der Waals surface area contributed by atoms with Gasteiger partial charge in [0, 0.05) is 29.2 Å². The molecule has 8 nitrogen and oxygen atoms in total. The molecule has 1 aliphatic rings. The predicted octanol–water partition coefficient (Wildman–Crippen LogP) is 2.42. The fourth-order valence-electron chi connectivity index (χ4n) is 5.00. The molecule has 0 atom stereocenters. The van der Waals surface area contributed by atoms with Crippen molar-refractivity contribution in [3.05, 3.63) is 106 Å². The number of quaternary nitrogens is 1. The molecular weight excluding hydrogens is 519 g/mol. The van der Waals surface area contributed by atoms with E-state index >= 15 is 0 Å². The van der Waals surface area contributed by atoms with Crippen LogP contribution in [0.2, 0.25) is 0 Å². The van der Waals surface area contributed by atoms with Gasteiger partial charge in [0.05, 0.1) is 36.8 Å². The molecule has 4 aromatic rings. The normalized spacial score (nSPS) is 14.5. The summed E-state index contributed by atoms with van der Waals surface area (Å²) in [5, 5.41) is 0.116. The number of halogens is 1. The molecule has 3 aromatic carbocycles. The Bertz CT molecular complexity index is 1650. The van der Waals surface area contributed by atoms with Crippen LogP contribution < -0.4 is 14.6 Å². The third-order valence-electron chi connectivity index (χ3n) is 7.13. The number of anilines is 1. The van der Waals surface area contributed by atoms with Gasteiger partial charge in [-0.05, 0) is 49.4 Å². The number of H-pyrrole nitrogens is 1. The number of nitrogens with zero attached hydrogens (tertiary/aromatic N) is 2. The second-order valence-corrected chi connectivity index (χ2v) is 11.5. The van der Waals surface area contributed by atoms with E-state index in [1.165, 1.54) is 59.1 Å². The number of amides is 1. The number of pyridine rings is 1. The number of fused-ring (bicyclic) bond motifs is 1. The first-order chi connectivity index (χ1) is 18.8. The molecule has 0 unspecified atom stereocenters. The molecule has 10 heteroatoms. The number of sulfonamides is 1. The number of carbonyl (C=O) groups is 1. The lowest BCUT2D eigenvalue weighted by molar-refractivity contribution is -0.917. The summed E-state index contributed by atoms with van der Waals surface area (Å²) in [5.74, 6) is -0.840. The average molecular weight is 550 g/mol. The minimum Gasteiger partial charge on any atom is -0.360 e. The van der Waals surface area contributed by atoms with Gasteiger partial charge in [-0.1, -0.05) is 30.3 Å². The summed E-state index contributed by atoms with van der Waals surface area (Å²) in [5.41, 5.74) is 1.44. The van der Waals surface area contributed by atoms with Gasteiger partial charge in [0.1, 0.15) is 17.9 Å². The number of carbonyl (C=O) groups excluding carboxylic acids is 1. The molecular formula is C29H30FN4O4S+. The van der Waals surface area contributed by atoms with Crippen LogP contribution in [-0.2, 0) is 16.6 Å². The van der Waals surface area contributed by atoms with Crippen molar-refractivity contribution in [2.75, 3.05) is 37.0 Å². The Morgan fingerprint density at radius 3 is 2.38 bits per heavy atom. The maximum Gasteiger partial charge on any atom is 0.264 e. The van der Waals surface area contributed by atoms with Crippen LogP contribution in [0.4, 0.5) is 10.1 Å². The molecule has 0 saturated carbocycles. The van der Waals surface area contributed by atoms with Crippen LogP contribution in [0.15, 0.2) is 88.7 Å². The van der Waals surface area contributed by atoms with Crippen LogP contribution in [0.1, 0.15) is 22.8 Å². The van der Waals surface area contributed by atoms with Crippen molar-refractivity contribution in [3.63, 3.8) is 0 Å². The summed E-state index contributed by atoms with van der Waals surface area (Å²) in [7, 11) is -4.05. The highest BCUT2D eigenvalue weighted by molar-refractivity contribution is 7.92. The lowest BCUT2D eigenvalue weighted by Gasteiger charge is -2.32. The highest BCUT2D eigenvalue weighted by Crippen LogP contribution is 2.25. The molecule has 0 bridgehead atoms. The summed E-state index contributed by atoms with van der Waals surface area (Å²) < 4.78 is 41.5. The van der Waals surface area contributed by atoms with Gasteiger partial charge in [-0.25, -0.2) is 12.8 Å². The minimum atomic E-state index is -4.05. The number of piperazine rings is 1. The molecule has 1 amide bonds. The zero-order chi connectivity index (χ0) is 27.6. The average Bonchev–Trinajstić information content (AvgIpc) is 2.95. The molecule has 2 N–H and O–H groups in total. The quantitative estimate of drug-likeness (QED) is 0.370. The first-order valence-corrected chi connectivity index (χ1v) is 14.3. The van der Waals surface area contributed by atoms with Crippen molar-refractivity contribution in [2.24, 2.45) is 0 Å². The monoisotopic (exact) mass is 549 g/mol. The summed E-state index contributed by atoms with van der Waals surface area (Å²) in [6.07, 6.45) is 1.40. The molecule has 5 rings (SSSR count). The van der Waals surface area contributed by atoms with Crippen LogP contribution in [0, 0.1) is 5.82 Å². The van der Waals surface area contributed by atoms with Crippen LogP contribution in [0.25, 0.3) is 10.9 Å². The zero-order valence-electron chi connectivity index (χ0n) is 21.6. The van der Waals surface area contributed by atoms with Crippen molar-refractivity contribution in [2.45, 2.75) is 18.4 Å². The van der Waals surface area contributed by atoms with Gasteiger partial charge in [0.15, 0.2) is 0 Å². The summed E-state index contributed by atoms with van der Waals surface area (Å²) in [6, 6.07) is 19.6. The van der Waals surface area contributed by atoms with E-state index in [4.69, 9.17) is 0 Å². The van der Waals surface area contributed by atoms with Crippen molar-refractivity contribution in [1.82, 2.24) is 9.88 Å². The maximum atomic E-state index is 13.5. The maximum absolute atomic E-state index is 13.5. The van der Waals surface area contributed by atoms with E-state index in [2.05, 4.69) is 17.1 Å². The molecule has 1 saturated heterocycles. The topological polar surface area (TPSA) is 95.0 Å². The van der Waals surface area contributed by atoms with Crippen LogP contribution in [0.3, 0.4) is 0 Å². The van der Waals surface area contributed by atoms with Crippen molar-refractivity contribution in [3.8, 4) is 0 Å². The van der Waals surface area contributed by atoms with Gasteiger partial charge in [-0.3, -0.25) is 13.9 Å². The number of rotatable bonds is 7. The van der Waals surface area contributed by atoms with E-state index in [9.17, 15) is 22.4 Å². The second kappa shape index (κ2) is 11.0. The number of hydrogen-bond acceptors (Lipinski definition) is 4. The van der Waals surface area contributed by atoms with Gasteiger partial charge >= 0.3 is 0 Å². The zero-order valence-corrected chi connectivity index (χ0v) is 22.4. The van der Waals surface area contributed by atoms with E-state index in [0.29, 0.717) is 24.3 Å². The number of hydrogen-bond donors (Lipinski definition) is 2. The SMILES string of the molecule is CCN(c1ccc(F)cc1)S(=O)(=O)c1ccc2[nH]cc(C(=O)N3CC[NH+](Cc4ccccc4)CC3)c(=O)c2c1. The lowest BCUT2D eigenvalue weighted by Crippen LogP contribution is -3.13. The fraction of sp³-hybridized carbons (Fsp3) is 0.241. The molecule has 39 heavy (non-hydrogen) atoms. The van der Waals surface area contributed by atoms with E-state index in [1.54, 1.807) is 11.8 Å². The van der Waals surface area contributed by atoms with Crippen LogP contribution in [-0.4, -0.2) is 56.9 Å². The smallest absolute Gasteiger partial charge is 0.264 e. The van der Waals surface area contributed by atoms with Gasteiger partial charge < -0.3 is 14.8 Å². The van der Waals surface area contributed by atoms with E-state index in [1.807, 2.05) is 18.2 Å². The largest absolute Gasteiger partial charge is 0.360 e. The molecule has 0 spiro atoms. The number of nitrogens with one attached hydrogen (secondary N) is 2. The Kier molecular flexibility index (Phi) is 7.49. The van der Waals surface area contributed by atoms with Gasteiger partial charge in [0.2, 0.25) is 5.43 Å². The van der Waals surface area contributed by atoms with Crippen LogP contribution >= 0.6 is 0 Å². The second-order valence-electron chi connectivity index (χ2n) is 9.59. The predicted molar refractivity (Wildman–Crippen MR) is 148 cm³/mol. The number of aromatic nitrogens is 1. The van der Waals surface area contributed by atoms with Gasteiger partial charge in [-0.2, -0.15) is 0 Å². The number of benzene rings is 3. The third kappa shape index (κ3) is 5.43. The summed E-state index contributed by atoms with van der Waals surface area (Å²) in [6.45, 7) is 5.25. The molecule has 202 valence electrons. The molecule has 2 heterocycles. The van der Waals surface area contributed by atoms with Gasteiger partial charge in [0.25, 0.3) is 15.9 Å². The van der Waals surface area contributed by atoms with E-state index in [0.717, 1.165) is 23.9 Å². The minimum absolute atomic E-state index is 0.0190. The molecule has 1 aliphatic heterocycles. The molecule has 1 aromatic heterocycles. The summed E-state index contributed by atoms with van der Waals surface area (Å²) in [4.78, 5) is 32.7. The third-order valence-corrected chi connectivity index (χ3v) is 9.03. The highest BCUT2D eigenvalue weighted by atomic mass is 32.2. The standard InChI is InChI=1S/C29H29FN4O4S/c1-2-34(23-10-8-22(30)9-11-23)39(37,38)24-12-13-27-25(18-24)28(35)26(19-31-27)29(36)33-16-14-32(15-17-33)20-21-6-4-3-5-7-21/h3-13,18-19H,2,14-17,20H2,1H3,(H,31,35)/p+1. The Morgan fingerprint density at radius 1 is 1.03 bits per heavy atom.